The summed E-state index contributed by atoms with van der Waals surface area (Å²) in [5.41, 5.74) is 3.25. The van der Waals surface area contributed by atoms with Gasteiger partial charge in [-0.1, -0.05) is 0 Å². The third kappa shape index (κ3) is 1.86. The van der Waals surface area contributed by atoms with Crippen molar-refractivity contribution in [2.75, 3.05) is 12.4 Å². The molecule has 1 aromatic carbocycles. The van der Waals surface area contributed by atoms with Gasteiger partial charge in [-0.3, -0.25) is 9.78 Å². The number of carbonyl (C=O) groups excluding carboxylic acids is 1. The number of carbonyl (C=O) groups is 1. The van der Waals surface area contributed by atoms with Crippen LogP contribution in [0.5, 0.6) is 0 Å². The van der Waals surface area contributed by atoms with Gasteiger partial charge < -0.3 is 5.32 Å². The van der Waals surface area contributed by atoms with Gasteiger partial charge in [0, 0.05) is 18.0 Å². The Morgan fingerprint density at radius 3 is 2.75 bits per heavy atom. The Balaban J connectivity index is 2.72. The maximum absolute atomic E-state index is 11.1. The molecule has 2 rings (SSSR count). The number of rotatable bonds is 2. The Kier molecular flexibility index (Phi) is 2.79. The number of anilines is 1. The summed E-state index contributed by atoms with van der Waals surface area (Å²) >= 11 is 5.47. The number of hydrogen-bond acceptors (Lipinski definition) is 3. The summed E-state index contributed by atoms with van der Waals surface area (Å²) in [5.74, 6) is 0. The summed E-state index contributed by atoms with van der Waals surface area (Å²) in [6.07, 6.45) is 1.76. The number of aromatic nitrogens is 1. The van der Waals surface area contributed by atoms with Crippen LogP contribution in [-0.4, -0.2) is 17.3 Å². The summed E-state index contributed by atoms with van der Waals surface area (Å²) in [5, 5.41) is 3.48. The zero-order chi connectivity index (χ0) is 11.7. The fourth-order valence-electron chi connectivity index (χ4n) is 1.68. The molecule has 0 aliphatic heterocycles. The standard InChI is InChI=1S/C12H11ClN2O/c1-7-3-9(12(13)16)4-8-5-10(14-2)6-15-11(7)8/h3-6,14H,1-2H3. The average molecular weight is 235 g/mol. The first-order valence-electron chi connectivity index (χ1n) is 4.90. The minimum Gasteiger partial charge on any atom is -0.387 e. The predicted octanol–water partition coefficient (Wildman–Crippen LogP) is 2.96. The lowest BCUT2D eigenvalue weighted by atomic mass is 10.1. The van der Waals surface area contributed by atoms with Crippen molar-refractivity contribution in [3.8, 4) is 0 Å². The summed E-state index contributed by atoms with van der Waals surface area (Å²) < 4.78 is 0. The number of halogens is 1. The highest BCUT2D eigenvalue weighted by molar-refractivity contribution is 6.67. The number of pyridine rings is 1. The van der Waals surface area contributed by atoms with E-state index in [0.29, 0.717) is 5.56 Å². The van der Waals surface area contributed by atoms with Crippen LogP contribution in [0, 0.1) is 6.92 Å². The number of hydrogen-bond donors (Lipinski definition) is 1. The van der Waals surface area contributed by atoms with E-state index >= 15 is 0 Å². The van der Waals surface area contributed by atoms with Crippen molar-refractivity contribution in [2.24, 2.45) is 0 Å². The van der Waals surface area contributed by atoms with E-state index in [-0.39, 0.29) is 0 Å². The molecule has 0 unspecified atom stereocenters. The van der Waals surface area contributed by atoms with Crippen LogP contribution in [0.15, 0.2) is 24.4 Å². The van der Waals surface area contributed by atoms with E-state index in [0.717, 1.165) is 22.2 Å². The third-order valence-corrected chi connectivity index (χ3v) is 2.71. The molecule has 82 valence electrons. The molecule has 4 heteroatoms. The molecule has 0 fully saturated rings. The summed E-state index contributed by atoms with van der Waals surface area (Å²) in [7, 11) is 1.83. The van der Waals surface area contributed by atoms with E-state index in [1.54, 1.807) is 18.3 Å². The van der Waals surface area contributed by atoms with Gasteiger partial charge in [0.1, 0.15) is 0 Å². The summed E-state index contributed by atoms with van der Waals surface area (Å²) in [6, 6.07) is 5.45. The van der Waals surface area contributed by atoms with Crippen LogP contribution in [-0.2, 0) is 0 Å². The van der Waals surface area contributed by atoms with E-state index in [4.69, 9.17) is 11.6 Å². The van der Waals surface area contributed by atoms with E-state index < -0.39 is 5.24 Å². The van der Waals surface area contributed by atoms with Crippen LogP contribution in [0.4, 0.5) is 5.69 Å². The number of benzene rings is 1. The van der Waals surface area contributed by atoms with Gasteiger partial charge in [-0.15, -0.1) is 0 Å². The zero-order valence-electron chi connectivity index (χ0n) is 9.04. The molecule has 1 N–H and O–H groups in total. The lowest BCUT2D eigenvalue weighted by Crippen LogP contribution is -1.94. The fourth-order valence-corrected chi connectivity index (χ4v) is 1.79. The van der Waals surface area contributed by atoms with Crippen LogP contribution in [0.3, 0.4) is 0 Å². The Morgan fingerprint density at radius 2 is 2.12 bits per heavy atom. The highest BCUT2D eigenvalue weighted by Crippen LogP contribution is 2.22. The molecule has 16 heavy (non-hydrogen) atoms. The third-order valence-electron chi connectivity index (χ3n) is 2.49. The molecule has 0 radical (unpaired) electrons. The second kappa shape index (κ2) is 4.10. The van der Waals surface area contributed by atoms with E-state index in [9.17, 15) is 4.79 Å². The lowest BCUT2D eigenvalue weighted by Gasteiger charge is -2.06. The molecule has 3 nitrogen and oxygen atoms in total. The van der Waals surface area contributed by atoms with Gasteiger partial charge in [-0.25, -0.2) is 0 Å². The summed E-state index contributed by atoms with van der Waals surface area (Å²) in [4.78, 5) is 15.5. The van der Waals surface area contributed by atoms with Crippen molar-refractivity contribution in [3.05, 3.63) is 35.5 Å². The molecule has 0 bridgehead atoms. The Hall–Kier alpha value is -1.61. The SMILES string of the molecule is CNc1cnc2c(C)cc(C(=O)Cl)cc2c1. The van der Waals surface area contributed by atoms with E-state index in [2.05, 4.69) is 10.3 Å². The number of nitrogens with zero attached hydrogens (tertiary/aromatic N) is 1. The molecule has 0 amide bonds. The number of fused-ring (bicyclic) bond motifs is 1. The molecule has 0 aliphatic carbocycles. The molecule has 1 heterocycles. The smallest absolute Gasteiger partial charge is 0.252 e. The van der Waals surface area contributed by atoms with Crippen LogP contribution in [0.2, 0.25) is 0 Å². The maximum Gasteiger partial charge on any atom is 0.252 e. The van der Waals surface area contributed by atoms with Crippen LogP contribution in [0.1, 0.15) is 15.9 Å². The molecular formula is C12H11ClN2O. The average Bonchev–Trinajstić information content (AvgIpc) is 2.28. The van der Waals surface area contributed by atoms with Gasteiger partial charge in [0.15, 0.2) is 0 Å². The Bertz CT molecular complexity index is 566. The molecule has 2 aromatic rings. The highest BCUT2D eigenvalue weighted by Gasteiger charge is 2.07. The molecule has 0 atom stereocenters. The molecule has 0 saturated heterocycles. The Labute approximate surface area is 98.4 Å². The second-order valence-electron chi connectivity index (χ2n) is 3.61. The number of aryl methyl sites for hydroxylation is 1. The van der Waals surface area contributed by atoms with Crippen molar-refractivity contribution in [1.82, 2.24) is 4.98 Å². The van der Waals surface area contributed by atoms with Gasteiger partial charge in [0.25, 0.3) is 5.24 Å². The van der Waals surface area contributed by atoms with Crippen LogP contribution < -0.4 is 5.32 Å². The topological polar surface area (TPSA) is 42.0 Å². The van der Waals surface area contributed by atoms with Gasteiger partial charge in [0.2, 0.25) is 0 Å². The van der Waals surface area contributed by atoms with E-state index in [1.165, 1.54) is 0 Å². The number of nitrogens with one attached hydrogen (secondary N) is 1. The van der Waals surface area contributed by atoms with Crippen molar-refractivity contribution in [2.45, 2.75) is 6.92 Å². The highest BCUT2D eigenvalue weighted by atomic mass is 35.5. The summed E-state index contributed by atoms with van der Waals surface area (Å²) in [6.45, 7) is 1.91. The van der Waals surface area contributed by atoms with Gasteiger partial charge >= 0.3 is 0 Å². The minimum atomic E-state index is -0.445. The van der Waals surface area contributed by atoms with Crippen molar-refractivity contribution >= 4 is 33.4 Å². The van der Waals surface area contributed by atoms with Gasteiger partial charge in [-0.05, 0) is 42.3 Å². The monoisotopic (exact) mass is 234 g/mol. The van der Waals surface area contributed by atoms with Crippen LogP contribution in [0.25, 0.3) is 10.9 Å². The normalized spacial score (nSPS) is 10.4. The quantitative estimate of drug-likeness (QED) is 0.813. The first-order valence-corrected chi connectivity index (χ1v) is 5.27. The van der Waals surface area contributed by atoms with E-state index in [1.807, 2.05) is 20.0 Å². The molecule has 1 aromatic heterocycles. The van der Waals surface area contributed by atoms with Gasteiger partial charge in [0.05, 0.1) is 17.4 Å². The zero-order valence-corrected chi connectivity index (χ0v) is 9.80. The lowest BCUT2D eigenvalue weighted by molar-refractivity contribution is 0.108. The van der Waals surface area contributed by atoms with Crippen molar-refractivity contribution < 1.29 is 4.79 Å². The second-order valence-corrected chi connectivity index (χ2v) is 3.96. The maximum atomic E-state index is 11.1. The first kappa shape index (κ1) is 10.9. The van der Waals surface area contributed by atoms with Gasteiger partial charge in [-0.2, -0.15) is 0 Å². The molecule has 0 spiro atoms. The largest absolute Gasteiger partial charge is 0.387 e. The molecule has 0 aliphatic rings. The Morgan fingerprint density at radius 1 is 1.38 bits per heavy atom. The predicted molar refractivity (Wildman–Crippen MR) is 66.2 cm³/mol. The minimum absolute atomic E-state index is 0.445. The first-order chi connectivity index (χ1) is 7.61. The molecular weight excluding hydrogens is 224 g/mol. The van der Waals surface area contributed by atoms with Crippen molar-refractivity contribution in [3.63, 3.8) is 0 Å². The van der Waals surface area contributed by atoms with Crippen LogP contribution >= 0.6 is 11.6 Å². The van der Waals surface area contributed by atoms with Crippen molar-refractivity contribution in [1.29, 1.82) is 0 Å². The fraction of sp³-hybridized carbons (Fsp3) is 0.167. The molecule has 0 saturated carbocycles.